The lowest BCUT2D eigenvalue weighted by molar-refractivity contribution is 0.102. The van der Waals surface area contributed by atoms with Crippen LogP contribution in [0.3, 0.4) is 0 Å². The molecule has 0 aliphatic heterocycles. The van der Waals surface area contributed by atoms with Crippen molar-refractivity contribution in [3.8, 4) is 28.4 Å². The van der Waals surface area contributed by atoms with E-state index in [-0.39, 0.29) is 22.7 Å². The Bertz CT molecular complexity index is 1820. The van der Waals surface area contributed by atoms with Gasteiger partial charge in [0.05, 0.1) is 5.52 Å². The highest BCUT2D eigenvalue weighted by Crippen LogP contribution is 2.37. The summed E-state index contributed by atoms with van der Waals surface area (Å²) in [4.78, 5) is 26.0. The number of ether oxygens (including phenoxy) is 1. The lowest BCUT2D eigenvalue weighted by Gasteiger charge is -2.15. The van der Waals surface area contributed by atoms with E-state index in [0.717, 1.165) is 17.2 Å². The summed E-state index contributed by atoms with van der Waals surface area (Å²) in [5, 5.41) is 13.5. The average molecular weight is 539 g/mol. The normalized spacial score (nSPS) is 10.9. The van der Waals surface area contributed by atoms with Crippen LogP contribution in [0.15, 0.2) is 73.7 Å². The van der Waals surface area contributed by atoms with E-state index in [4.69, 9.17) is 4.74 Å². The van der Waals surface area contributed by atoms with Crippen molar-refractivity contribution < 1.29 is 23.4 Å². The van der Waals surface area contributed by atoms with Gasteiger partial charge in [-0.1, -0.05) is 12.6 Å². The number of fused-ring (bicyclic) bond motifs is 1. The van der Waals surface area contributed by atoms with Gasteiger partial charge in [-0.05, 0) is 73.4 Å². The number of aryl methyl sites for hydroxylation is 2. The lowest BCUT2D eigenvalue weighted by Crippen LogP contribution is -2.13. The quantitative estimate of drug-likeness (QED) is 0.234. The van der Waals surface area contributed by atoms with Crippen LogP contribution in [0.5, 0.6) is 17.2 Å². The number of halogens is 2. The summed E-state index contributed by atoms with van der Waals surface area (Å²) in [6, 6.07) is 11.5. The summed E-state index contributed by atoms with van der Waals surface area (Å²) in [7, 11) is 0. The number of aromatic hydroxyl groups is 1. The fourth-order valence-corrected chi connectivity index (χ4v) is 4.29. The maximum Gasteiger partial charge on any atom is 0.261 e. The topological polar surface area (TPSA) is 97.2 Å². The fraction of sp³-hybridized carbons (Fsp3) is 0.0968. The van der Waals surface area contributed by atoms with Gasteiger partial charge >= 0.3 is 0 Å². The maximum atomic E-state index is 15.0. The Morgan fingerprint density at radius 1 is 0.975 bits per heavy atom. The Morgan fingerprint density at radius 2 is 1.77 bits per heavy atom. The van der Waals surface area contributed by atoms with E-state index in [1.807, 2.05) is 13.0 Å². The number of hydrogen-bond donors (Lipinski definition) is 2. The van der Waals surface area contributed by atoms with Crippen molar-refractivity contribution in [1.82, 2.24) is 15.0 Å². The van der Waals surface area contributed by atoms with Crippen LogP contribution in [0.4, 0.5) is 14.5 Å². The zero-order chi connectivity index (χ0) is 28.6. The summed E-state index contributed by atoms with van der Waals surface area (Å²) >= 11 is 0. The van der Waals surface area contributed by atoms with Crippen LogP contribution in [-0.4, -0.2) is 26.0 Å². The first-order valence-corrected chi connectivity index (χ1v) is 12.3. The van der Waals surface area contributed by atoms with Crippen molar-refractivity contribution in [1.29, 1.82) is 0 Å². The van der Waals surface area contributed by atoms with Gasteiger partial charge in [-0.25, -0.2) is 8.78 Å². The van der Waals surface area contributed by atoms with Crippen LogP contribution in [0.25, 0.3) is 27.7 Å². The Hall–Kier alpha value is -5.18. The summed E-state index contributed by atoms with van der Waals surface area (Å²) in [5.41, 5.74) is 4.61. The first-order valence-electron chi connectivity index (χ1n) is 12.3. The highest BCUT2D eigenvalue weighted by molar-refractivity contribution is 6.07. The van der Waals surface area contributed by atoms with E-state index in [2.05, 4.69) is 26.8 Å². The third-order valence-electron chi connectivity index (χ3n) is 6.39. The van der Waals surface area contributed by atoms with Crippen molar-refractivity contribution in [2.75, 3.05) is 5.32 Å². The van der Waals surface area contributed by atoms with E-state index >= 15 is 4.39 Å². The molecule has 0 aliphatic carbocycles. The molecule has 0 atom stereocenters. The van der Waals surface area contributed by atoms with E-state index in [9.17, 15) is 14.3 Å². The molecule has 5 rings (SSSR count). The number of carbonyl (C=O) groups excluding carboxylic acids is 1. The molecule has 0 unspecified atom stereocenters. The Labute approximate surface area is 228 Å². The highest BCUT2D eigenvalue weighted by Gasteiger charge is 2.21. The molecule has 200 valence electrons. The van der Waals surface area contributed by atoms with Gasteiger partial charge in [0.2, 0.25) is 0 Å². The molecule has 3 heterocycles. The monoisotopic (exact) mass is 538 g/mol. The number of amides is 1. The van der Waals surface area contributed by atoms with Gasteiger partial charge < -0.3 is 15.2 Å². The number of nitrogens with zero attached hydrogens (tertiary/aromatic N) is 3. The van der Waals surface area contributed by atoms with E-state index < -0.39 is 17.5 Å². The minimum atomic E-state index is -0.727. The molecule has 7 nitrogen and oxygen atoms in total. The second kappa shape index (κ2) is 10.5. The van der Waals surface area contributed by atoms with Crippen molar-refractivity contribution in [2.45, 2.75) is 20.8 Å². The largest absolute Gasteiger partial charge is 0.506 e. The first kappa shape index (κ1) is 26.4. The Morgan fingerprint density at radius 3 is 2.50 bits per heavy atom. The molecule has 9 heteroatoms. The van der Waals surface area contributed by atoms with Gasteiger partial charge in [-0.15, -0.1) is 0 Å². The summed E-state index contributed by atoms with van der Waals surface area (Å²) in [6.45, 7) is 9.14. The number of hydrogen-bond acceptors (Lipinski definition) is 6. The SMILES string of the molecule is C=C(C)c1cnc2c(Oc3ccc(NC(=O)c4cnc(C)c(-c5ccc(F)cc5C)c4O)cc3F)ccnc2c1. The number of pyridine rings is 3. The van der Waals surface area contributed by atoms with Crippen LogP contribution >= 0.6 is 0 Å². The number of allylic oxidation sites excluding steroid dienone is 1. The molecule has 0 bridgehead atoms. The number of carbonyl (C=O) groups is 1. The molecule has 0 saturated heterocycles. The molecule has 1 amide bonds. The minimum Gasteiger partial charge on any atom is -0.506 e. The molecule has 0 aliphatic rings. The summed E-state index contributed by atoms with van der Waals surface area (Å²) in [6.07, 6.45) is 4.42. The maximum absolute atomic E-state index is 15.0. The van der Waals surface area contributed by atoms with Crippen LogP contribution in [0.1, 0.15) is 34.1 Å². The van der Waals surface area contributed by atoms with Gasteiger partial charge in [-0.2, -0.15) is 0 Å². The van der Waals surface area contributed by atoms with Crippen LogP contribution < -0.4 is 10.1 Å². The average Bonchev–Trinajstić information content (AvgIpc) is 2.91. The molecule has 3 aromatic heterocycles. The van der Waals surface area contributed by atoms with Crippen LogP contribution in [0, 0.1) is 25.5 Å². The molecule has 0 radical (unpaired) electrons. The standard InChI is InChI=1S/C31H24F2N4O3/c1-16(2)19-12-25-29(36-14-19)27(9-10-34-25)40-26-8-6-21(13-24(26)33)37-31(39)23-15-35-18(4)28(30(23)38)22-7-5-20(32)11-17(22)3/h5-15H,1H2,2-4H3,(H,35,38)(H,37,39). The zero-order valence-electron chi connectivity index (χ0n) is 21.9. The highest BCUT2D eigenvalue weighted by atomic mass is 19.1. The van der Waals surface area contributed by atoms with Gasteiger partial charge in [-0.3, -0.25) is 19.7 Å². The van der Waals surface area contributed by atoms with Crippen molar-refractivity contribution in [3.63, 3.8) is 0 Å². The molecule has 0 spiro atoms. The molecule has 0 saturated carbocycles. The fourth-order valence-electron chi connectivity index (χ4n) is 4.29. The van der Waals surface area contributed by atoms with Gasteiger partial charge in [0, 0.05) is 47.7 Å². The third kappa shape index (κ3) is 5.09. The van der Waals surface area contributed by atoms with Gasteiger partial charge in [0.15, 0.2) is 17.3 Å². The molecular formula is C31H24F2N4O3. The molecular weight excluding hydrogens is 514 g/mol. The van der Waals surface area contributed by atoms with E-state index in [1.165, 1.54) is 42.7 Å². The van der Waals surface area contributed by atoms with Crippen molar-refractivity contribution >= 4 is 28.2 Å². The molecule has 40 heavy (non-hydrogen) atoms. The second-order valence-electron chi connectivity index (χ2n) is 9.32. The smallest absolute Gasteiger partial charge is 0.261 e. The summed E-state index contributed by atoms with van der Waals surface area (Å²) in [5.74, 6) is -1.92. The predicted molar refractivity (Wildman–Crippen MR) is 149 cm³/mol. The van der Waals surface area contributed by atoms with Crippen LogP contribution in [0.2, 0.25) is 0 Å². The lowest BCUT2D eigenvalue weighted by atomic mass is 9.96. The predicted octanol–water partition coefficient (Wildman–Crippen LogP) is 7.37. The zero-order valence-corrected chi connectivity index (χ0v) is 21.9. The number of benzene rings is 2. The molecule has 0 fully saturated rings. The molecule has 5 aromatic rings. The van der Waals surface area contributed by atoms with Crippen molar-refractivity contribution in [2.24, 2.45) is 0 Å². The summed E-state index contributed by atoms with van der Waals surface area (Å²) < 4.78 is 34.4. The van der Waals surface area contributed by atoms with Crippen molar-refractivity contribution in [3.05, 3.63) is 108 Å². The first-order chi connectivity index (χ1) is 19.1. The number of rotatable bonds is 6. The molecule has 2 N–H and O–H groups in total. The van der Waals surface area contributed by atoms with E-state index in [1.54, 1.807) is 26.1 Å². The second-order valence-corrected chi connectivity index (χ2v) is 9.32. The van der Waals surface area contributed by atoms with Crippen LogP contribution in [-0.2, 0) is 0 Å². The molecule has 2 aromatic carbocycles. The van der Waals surface area contributed by atoms with Gasteiger partial charge in [0.25, 0.3) is 5.91 Å². The van der Waals surface area contributed by atoms with Gasteiger partial charge in [0.1, 0.15) is 22.6 Å². The number of nitrogens with one attached hydrogen (secondary N) is 1. The Kier molecular flexibility index (Phi) is 6.96. The minimum absolute atomic E-state index is 0.0785. The number of aromatic nitrogens is 3. The third-order valence-corrected chi connectivity index (χ3v) is 6.39. The number of anilines is 1. The Balaban J connectivity index is 1.39. The van der Waals surface area contributed by atoms with E-state index in [0.29, 0.717) is 39.2 Å².